The van der Waals surface area contributed by atoms with Crippen molar-refractivity contribution in [1.82, 2.24) is 29.9 Å². The van der Waals surface area contributed by atoms with Crippen molar-refractivity contribution in [1.29, 1.82) is 0 Å². The highest BCUT2D eigenvalue weighted by Gasteiger charge is 2.40. The molecule has 3 heterocycles. The number of benzene rings is 6. The summed E-state index contributed by atoms with van der Waals surface area (Å²) in [5.74, 6) is 5.81. The second-order valence-electron chi connectivity index (χ2n) is 15.1. The monoisotopic (exact) mass is 740 g/mol. The first kappa shape index (κ1) is 32.9. The maximum atomic E-state index is 5.27. The molecule has 56 heavy (non-hydrogen) atoms. The summed E-state index contributed by atoms with van der Waals surface area (Å²) >= 11 is 1.80. The molecule has 6 nitrogen and oxygen atoms in total. The van der Waals surface area contributed by atoms with E-state index in [9.17, 15) is 0 Å². The molecule has 2 saturated carbocycles. The predicted molar refractivity (Wildman–Crippen MR) is 227 cm³/mol. The van der Waals surface area contributed by atoms with Gasteiger partial charge in [0.1, 0.15) is 0 Å². The van der Waals surface area contributed by atoms with Gasteiger partial charge in [0.15, 0.2) is 34.9 Å². The van der Waals surface area contributed by atoms with E-state index in [1.165, 1.54) is 51.4 Å². The molecular formula is C49H36N6S. The van der Waals surface area contributed by atoms with Crippen LogP contribution in [0.2, 0.25) is 0 Å². The highest BCUT2D eigenvalue weighted by Crippen LogP contribution is 2.53. The Kier molecular flexibility index (Phi) is 8.06. The van der Waals surface area contributed by atoms with Gasteiger partial charge >= 0.3 is 0 Å². The van der Waals surface area contributed by atoms with Crippen LogP contribution in [0.4, 0.5) is 0 Å². The van der Waals surface area contributed by atoms with Crippen LogP contribution in [-0.2, 0) is 0 Å². The van der Waals surface area contributed by atoms with Crippen LogP contribution in [-0.4, -0.2) is 29.9 Å². The van der Waals surface area contributed by atoms with E-state index < -0.39 is 0 Å². The lowest BCUT2D eigenvalue weighted by Gasteiger charge is -2.23. The van der Waals surface area contributed by atoms with Crippen molar-refractivity contribution in [2.75, 3.05) is 0 Å². The fourth-order valence-corrected chi connectivity index (χ4v) is 10.1. The lowest BCUT2D eigenvalue weighted by Crippen LogP contribution is -2.09. The first-order valence-electron chi connectivity index (χ1n) is 19.4. The van der Waals surface area contributed by atoms with Gasteiger partial charge in [-0.1, -0.05) is 128 Å². The van der Waals surface area contributed by atoms with Crippen molar-refractivity contribution in [3.63, 3.8) is 0 Å². The van der Waals surface area contributed by atoms with E-state index in [1.807, 2.05) is 54.6 Å². The summed E-state index contributed by atoms with van der Waals surface area (Å²) in [6.45, 7) is 0. The van der Waals surface area contributed by atoms with Gasteiger partial charge < -0.3 is 0 Å². The van der Waals surface area contributed by atoms with Crippen molar-refractivity contribution in [2.24, 2.45) is 11.8 Å². The van der Waals surface area contributed by atoms with Gasteiger partial charge in [-0.2, -0.15) is 0 Å². The van der Waals surface area contributed by atoms with Crippen molar-refractivity contribution in [2.45, 2.75) is 31.6 Å². The molecule has 11 rings (SSSR count). The maximum absolute atomic E-state index is 5.27. The standard InChI is InChI=1S/C49H36N6S/c1-4-12-31(13-5-1)44-50-45(32-14-6-2-7-15-32)53-48(52-44)37-26-36(41-25-30-20-21-34(41)24-30)27-38(28-37)49-54-46(33-16-8-3-9-17-33)51-47(55-49)35-22-23-40-39-18-10-11-19-42(39)56-43(40)29-35/h1-19,22-23,26-30,34,41H,20-21,24-25H2. The van der Waals surface area contributed by atoms with Crippen LogP contribution >= 0.6 is 11.3 Å². The van der Waals surface area contributed by atoms with Gasteiger partial charge in [0.05, 0.1) is 0 Å². The minimum atomic E-state index is 0.474. The zero-order chi connectivity index (χ0) is 37.0. The first-order chi connectivity index (χ1) is 27.7. The van der Waals surface area contributed by atoms with Crippen LogP contribution in [0.5, 0.6) is 0 Å². The van der Waals surface area contributed by atoms with Crippen LogP contribution in [0.1, 0.15) is 37.2 Å². The van der Waals surface area contributed by atoms with Gasteiger partial charge in [0.25, 0.3) is 0 Å². The highest BCUT2D eigenvalue weighted by atomic mass is 32.1. The number of aromatic nitrogens is 6. The molecule has 0 N–H and O–H groups in total. The molecule has 0 spiro atoms. The fourth-order valence-electron chi connectivity index (χ4n) is 8.93. The van der Waals surface area contributed by atoms with E-state index in [1.54, 1.807) is 11.3 Å². The summed E-state index contributed by atoms with van der Waals surface area (Å²) in [4.78, 5) is 30.9. The third-order valence-electron chi connectivity index (χ3n) is 11.6. The molecule has 2 fully saturated rings. The van der Waals surface area contributed by atoms with Crippen molar-refractivity contribution in [3.8, 4) is 68.3 Å². The topological polar surface area (TPSA) is 77.3 Å². The van der Waals surface area contributed by atoms with Gasteiger partial charge in [0, 0.05) is 53.6 Å². The largest absolute Gasteiger partial charge is 0.208 e. The van der Waals surface area contributed by atoms with Crippen LogP contribution in [0.15, 0.2) is 152 Å². The molecule has 2 bridgehead atoms. The van der Waals surface area contributed by atoms with Crippen LogP contribution < -0.4 is 0 Å². The minimum Gasteiger partial charge on any atom is -0.208 e. The third-order valence-corrected chi connectivity index (χ3v) is 12.8. The summed E-state index contributed by atoms with van der Waals surface area (Å²) in [7, 11) is 0. The zero-order valence-corrected chi connectivity index (χ0v) is 31.4. The van der Waals surface area contributed by atoms with E-state index in [4.69, 9.17) is 29.9 Å². The quantitative estimate of drug-likeness (QED) is 0.162. The minimum absolute atomic E-state index is 0.474. The molecule has 3 atom stereocenters. The van der Waals surface area contributed by atoms with Gasteiger partial charge in [-0.25, -0.2) is 29.9 Å². The van der Waals surface area contributed by atoms with Gasteiger partial charge in [-0.05, 0) is 72.9 Å². The second-order valence-corrected chi connectivity index (χ2v) is 16.2. The molecule has 0 radical (unpaired) electrons. The number of rotatable bonds is 7. The van der Waals surface area contributed by atoms with Crippen molar-refractivity contribution < 1.29 is 0 Å². The number of hydrogen-bond acceptors (Lipinski definition) is 7. The summed E-state index contributed by atoms with van der Waals surface area (Å²) < 4.78 is 2.49. The van der Waals surface area contributed by atoms with Crippen molar-refractivity contribution in [3.05, 3.63) is 157 Å². The van der Waals surface area contributed by atoms with Crippen molar-refractivity contribution >= 4 is 31.5 Å². The lowest BCUT2D eigenvalue weighted by molar-refractivity contribution is 0.420. The van der Waals surface area contributed by atoms with Crippen LogP contribution in [0.25, 0.3) is 88.5 Å². The molecule has 7 heteroatoms. The summed E-state index contributed by atoms with van der Waals surface area (Å²) in [5.41, 5.74) is 6.99. The number of hydrogen-bond donors (Lipinski definition) is 0. The molecule has 2 aliphatic carbocycles. The SMILES string of the molecule is c1ccc(-c2nc(-c3ccccc3)nc(-c3cc(-c4nc(-c5ccccc5)nc(-c5ccc6c(c5)sc5ccccc56)n4)cc(C4CC5CCC4C5)c3)n2)cc1. The van der Waals surface area contributed by atoms with E-state index in [0.29, 0.717) is 46.8 Å². The van der Waals surface area contributed by atoms with E-state index in [0.717, 1.165) is 39.3 Å². The van der Waals surface area contributed by atoms with Crippen LogP contribution in [0, 0.1) is 11.8 Å². The van der Waals surface area contributed by atoms with E-state index in [2.05, 4.69) is 97.1 Å². The van der Waals surface area contributed by atoms with E-state index in [-0.39, 0.29) is 0 Å². The zero-order valence-electron chi connectivity index (χ0n) is 30.6. The highest BCUT2D eigenvalue weighted by molar-refractivity contribution is 7.25. The normalized spacial score (nSPS) is 17.5. The van der Waals surface area contributed by atoms with Gasteiger partial charge in [-0.15, -0.1) is 11.3 Å². The molecule has 0 aliphatic heterocycles. The Morgan fingerprint density at radius 2 is 0.857 bits per heavy atom. The molecule has 9 aromatic rings. The predicted octanol–water partition coefficient (Wildman–Crippen LogP) is 12.3. The van der Waals surface area contributed by atoms with Gasteiger partial charge in [0.2, 0.25) is 0 Å². The van der Waals surface area contributed by atoms with Gasteiger partial charge in [-0.3, -0.25) is 0 Å². The summed E-state index contributed by atoms with van der Waals surface area (Å²) in [6.07, 6.45) is 5.14. The molecule has 3 aromatic heterocycles. The summed E-state index contributed by atoms with van der Waals surface area (Å²) in [6, 6.07) is 52.6. The number of nitrogens with zero attached hydrogens (tertiary/aromatic N) is 6. The number of thiophene rings is 1. The second kappa shape index (κ2) is 13.7. The molecule has 0 amide bonds. The smallest absolute Gasteiger partial charge is 0.164 e. The Hall–Kier alpha value is -6.44. The third kappa shape index (κ3) is 6.05. The Bertz CT molecular complexity index is 2830. The molecule has 0 saturated heterocycles. The Balaban J connectivity index is 1.11. The number of fused-ring (bicyclic) bond motifs is 5. The van der Waals surface area contributed by atoms with E-state index >= 15 is 0 Å². The fraction of sp³-hybridized carbons (Fsp3) is 0.143. The lowest BCUT2D eigenvalue weighted by atomic mass is 9.82. The molecule has 6 aromatic carbocycles. The molecule has 3 unspecified atom stereocenters. The Morgan fingerprint density at radius 3 is 1.38 bits per heavy atom. The average molecular weight is 741 g/mol. The maximum Gasteiger partial charge on any atom is 0.164 e. The molecule has 2 aliphatic rings. The molecular weight excluding hydrogens is 705 g/mol. The first-order valence-corrected chi connectivity index (χ1v) is 20.3. The summed E-state index contributed by atoms with van der Waals surface area (Å²) in [5, 5.41) is 2.52. The Labute approximate surface area is 329 Å². The molecule has 268 valence electrons. The Morgan fingerprint density at radius 1 is 0.375 bits per heavy atom. The van der Waals surface area contributed by atoms with Crippen LogP contribution in [0.3, 0.4) is 0 Å². The average Bonchev–Trinajstić information content (AvgIpc) is 4.02.